The zero-order chi connectivity index (χ0) is 11.6. The molecule has 3 N–H and O–H groups in total. The first-order chi connectivity index (χ1) is 6.97. The maximum Gasteiger partial charge on any atom is 0.325 e. The lowest BCUT2D eigenvalue weighted by Crippen LogP contribution is -2.22. The lowest BCUT2D eigenvalue weighted by molar-refractivity contribution is -0.138. The highest BCUT2D eigenvalue weighted by molar-refractivity contribution is 5.75. The summed E-state index contributed by atoms with van der Waals surface area (Å²) in [5, 5.41) is 8.57. The quantitative estimate of drug-likeness (QED) is 0.793. The molecular formula is C9H9F2NO3. The van der Waals surface area contributed by atoms with Crippen LogP contribution < -0.4 is 10.5 Å². The van der Waals surface area contributed by atoms with Crippen molar-refractivity contribution in [3.8, 4) is 5.75 Å². The third kappa shape index (κ3) is 2.21. The zero-order valence-corrected chi connectivity index (χ0v) is 7.83. The average Bonchev–Trinajstić information content (AvgIpc) is 2.17. The Labute approximate surface area is 84.3 Å². The van der Waals surface area contributed by atoms with Gasteiger partial charge in [0.2, 0.25) is 0 Å². The van der Waals surface area contributed by atoms with Gasteiger partial charge in [-0.15, -0.1) is 0 Å². The van der Waals surface area contributed by atoms with E-state index < -0.39 is 23.6 Å². The van der Waals surface area contributed by atoms with Gasteiger partial charge in [-0.25, -0.2) is 8.78 Å². The predicted octanol–water partition coefficient (Wildman–Crippen LogP) is 1.06. The Hall–Kier alpha value is -1.69. The van der Waals surface area contributed by atoms with Gasteiger partial charge in [0, 0.05) is 11.6 Å². The van der Waals surface area contributed by atoms with Gasteiger partial charge in [0.05, 0.1) is 7.11 Å². The van der Waals surface area contributed by atoms with Gasteiger partial charge in [0.25, 0.3) is 0 Å². The summed E-state index contributed by atoms with van der Waals surface area (Å²) in [6, 6.07) is -0.0695. The van der Waals surface area contributed by atoms with Gasteiger partial charge in [-0.1, -0.05) is 0 Å². The maximum atomic E-state index is 13.1. The first-order valence-electron chi connectivity index (χ1n) is 3.98. The van der Waals surface area contributed by atoms with Crippen molar-refractivity contribution in [3.05, 3.63) is 29.3 Å². The Bertz CT molecular complexity index is 395. The first kappa shape index (κ1) is 11.4. The van der Waals surface area contributed by atoms with E-state index in [0.29, 0.717) is 6.07 Å². The van der Waals surface area contributed by atoms with Crippen molar-refractivity contribution in [2.24, 2.45) is 5.73 Å². The molecule has 1 aromatic carbocycles. The van der Waals surface area contributed by atoms with E-state index in [2.05, 4.69) is 4.74 Å². The highest BCUT2D eigenvalue weighted by Gasteiger charge is 2.21. The maximum absolute atomic E-state index is 13.1. The van der Waals surface area contributed by atoms with Gasteiger partial charge in [-0.3, -0.25) is 4.79 Å². The van der Waals surface area contributed by atoms with E-state index in [4.69, 9.17) is 10.8 Å². The van der Waals surface area contributed by atoms with Crippen molar-refractivity contribution < 1.29 is 23.4 Å². The van der Waals surface area contributed by atoms with Crippen LogP contribution in [0.25, 0.3) is 0 Å². The van der Waals surface area contributed by atoms with E-state index in [1.165, 1.54) is 7.11 Å². The van der Waals surface area contributed by atoms with Crippen LogP contribution >= 0.6 is 0 Å². The van der Waals surface area contributed by atoms with E-state index in [-0.39, 0.29) is 11.3 Å². The van der Waals surface area contributed by atoms with Crippen LogP contribution in [0, 0.1) is 11.6 Å². The lowest BCUT2D eigenvalue weighted by Gasteiger charge is -2.10. The number of carboxylic acids is 1. The Morgan fingerprint density at radius 2 is 2.07 bits per heavy atom. The summed E-state index contributed by atoms with van der Waals surface area (Å²) in [6.45, 7) is 0. The fourth-order valence-electron chi connectivity index (χ4n) is 1.07. The number of hydrogen-bond acceptors (Lipinski definition) is 3. The van der Waals surface area contributed by atoms with Crippen molar-refractivity contribution >= 4 is 5.97 Å². The number of aliphatic carboxylic acids is 1. The second-order valence-corrected chi connectivity index (χ2v) is 2.82. The summed E-state index contributed by atoms with van der Waals surface area (Å²) >= 11 is 0. The van der Waals surface area contributed by atoms with Crippen LogP contribution in [0.5, 0.6) is 5.75 Å². The number of carboxylic acid groups (broad SMARTS) is 1. The second-order valence-electron chi connectivity index (χ2n) is 2.82. The third-order valence-electron chi connectivity index (χ3n) is 1.87. The molecule has 0 aliphatic carbocycles. The topological polar surface area (TPSA) is 72.5 Å². The molecule has 0 aliphatic rings. The van der Waals surface area contributed by atoms with Crippen LogP contribution in [0.1, 0.15) is 11.6 Å². The Morgan fingerprint density at radius 3 is 2.53 bits per heavy atom. The normalized spacial score (nSPS) is 12.3. The van der Waals surface area contributed by atoms with Crippen LogP contribution in [-0.4, -0.2) is 18.2 Å². The molecular weight excluding hydrogens is 208 g/mol. The molecule has 4 nitrogen and oxygen atoms in total. The molecule has 0 radical (unpaired) electrons. The van der Waals surface area contributed by atoms with Crippen LogP contribution in [0.4, 0.5) is 8.78 Å². The third-order valence-corrected chi connectivity index (χ3v) is 1.87. The molecule has 0 spiro atoms. The minimum atomic E-state index is -1.54. The highest BCUT2D eigenvalue weighted by Crippen LogP contribution is 2.24. The van der Waals surface area contributed by atoms with Gasteiger partial charge in [0.15, 0.2) is 11.6 Å². The SMILES string of the molecule is COc1cc(C(N)C(=O)O)c(F)cc1F. The largest absolute Gasteiger partial charge is 0.494 e. The zero-order valence-electron chi connectivity index (χ0n) is 7.83. The number of carbonyl (C=O) groups is 1. The van der Waals surface area contributed by atoms with Crippen LogP contribution in [-0.2, 0) is 4.79 Å². The molecule has 0 saturated heterocycles. The molecule has 0 heterocycles. The van der Waals surface area contributed by atoms with E-state index in [1.807, 2.05) is 0 Å². The molecule has 82 valence electrons. The van der Waals surface area contributed by atoms with Gasteiger partial charge >= 0.3 is 5.97 Å². The van der Waals surface area contributed by atoms with Crippen LogP contribution in [0.3, 0.4) is 0 Å². The molecule has 6 heteroatoms. The summed E-state index contributed by atoms with van der Waals surface area (Å²) in [5.41, 5.74) is 4.88. The molecule has 1 aromatic rings. The van der Waals surface area contributed by atoms with Crippen molar-refractivity contribution in [2.45, 2.75) is 6.04 Å². The molecule has 0 bridgehead atoms. The standard InChI is InChI=1S/C9H9F2NO3/c1-15-7-2-4(8(12)9(13)14)5(10)3-6(7)11/h2-3,8H,12H2,1H3,(H,13,14). The average molecular weight is 217 g/mol. The molecule has 0 amide bonds. The molecule has 1 atom stereocenters. The summed E-state index contributed by atoms with van der Waals surface area (Å²) in [7, 11) is 1.19. The molecule has 0 fully saturated rings. The van der Waals surface area contributed by atoms with Crippen molar-refractivity contribution in [1.29, 1.82) is 0 Å². The minimum absolute atomic E-state index is 0.247. The molecule has 15 heavy (non-hydrogen) atoms. The van der Waals surface area contributed by atoms with Crippen molar-refractivity contribution in [2.75, 3.05) is 7.11 Å². The fourth-order valence-corrected chi connectivity index (χ4v) is 1.07. The molecule has 1 rings (SSSR count). The smallest absolute Gasteiger partial charge is 0.325 e. The number of nitrogens with two attached hydrogens (primary N) is 1. The highest BCUT2D eigenvalue weighted by atomic mass is 19.1. The Balaban J connectivity index is 3.24. The summed E-state index contributed by atoms with van der Waals surface area (Å²) < 4.78 is 30.7. The Kier molecular flexibility index (Phi) is 3.21. The van der Waals surface area contributed by atoms with Gasteiger partial charge in [-0.05, 0) is 6.07 Å². The van der Waals surface area contributed by atoms with E-state index in [1.54, 1.807) is 0 Å². The number of benzene rings is 1. The number of hydrogen-bond donors (Lipinski definition) is 2. The predicted molar refractivity (Wildman–Crippen MR) is 47.5 cm³/mol. The van der Waals surface area contributed by atoms with Crippen molar-refractivity contribution in [1.82, 2.24) is 0 Å². The van der Waals surface area contributed by atoms with Gasteiger partial charge in [-0.2, -0.15) is 0 Å². The number of ether oxygens (including phenoxy) is 1. The number of halogens is 2. The molecule has 0 aromatic heterocycles. The fraction of sp³-hybridized carbons (Fsp3) is 0.222. The van der Waals surface area contributed by atoms with E-state index in [9.17, 15) is 13.6 Å². The van der Waals surface area contributed by atoms with E-state index >= 15 is 0 Å². The molecule has 1 unspecified atom stereocenters. The number of rotatable bonds is 3. The van der Waals surface area contributed by atoms with Gasteiger partial charge < -0.3 is 15.6 Å². The molecule has 0 saturated carbocycles. The van der Waals surface area contributed by atoms with Gasteiger partial charge in [0.1, 0.15) is 11.9 Å². The van der Waals surface area contributed by atoms with Crippen LogP contribution in [0.2, 0.25) is 0 Å². The second kappa shape index (κ2) is 4.22. The summed E-state index contributed by atoms with van der Waals surface area (Å²) in [6.07, 6.45) is 0. The Morgan fingerprint density at radius 1 is 1.47 bits per heavy atom. The monoisotopic (exact) mass is 217 g/mol. The summed E-state index contributed by atoms with van der Waals surface area (Å²) in [5.74, 6) is -3.56. The first-order valence-corrected chi connectivity index (χ1v) is 3.98. The summed E-state index contributed by atoms with van der Waals surface area (Å²) in [4.78, 5) is 10.5. The number of methoxy groups -OCH3 is 1. The lowest BCUT2D eigenvalue weighted by atomic mass is 10.1. The van der Waals surface area contributed by atoms with Crippen LogP contribution in [0.15, 0.2) is 12.1 Å². The minimum Gasteiger partial charge on any atom is -0.494 e. The van der Waals surface area contributed by atoms with Crippen molar-refractivity contribution in [3.63, 3.8) is 0 Å². The van der Waals surface area contributed by atoms with E-state index in [0.717, 1.165) is 6.07 Å². The molecule has 0 aliphatic heterocycles.